The number of aryl methyl sites for hydroxylation is 1. The van der Waals surface area contributed by atoms with Crippen LogP contribution in [0.3, 0.4) is 0 Å². The van der Waals surface area contributed by atoms with Gasteiger partial charge in [-0.3, -0.25) is 9.59 Å². The summed E-state index contributed by atoms with van der Waals surface area (Å²) < 4.78 is 129. The van der Waals surface area contributed by atoms with Crippen LogP contribution in [0.4, 0.5) is 45.2 Å². The van der Waals surface area contributed by atoms with Gasteiger partial charge in [-0.1, -0.05) is 6.92 Å². The Labute approximate surface area is 275 Å². The molecule has 3 N–H and O–H groups in total. The highest BCUT2D eigenvalue weighted by Gasteiger charge is 2.40. The second kappa shape index (κ2) is 13.1. The van der Waals surface area contributed by atoms with Crippen molar-refractivity contribution in [1.82, 2.24) is 19.3 Å². The highest BCUT2D eigenvalue weighted by Crippen LogP contribution is 2.41. The topological polar surface area (TPSA) is 118 Å². The molecule has 50 heavy (non-hydrogen) atoms. The zero-order chi connectivity index (χ0) is 36.9. The molecule has 9 nitrogen and oxygen atoms in total. The quantitative estimate of drug-likeness (QED) is 0.151. The van der Waals surface area contributed by atoms with Crippen molar-refractivity contribution < 1.29 is 54.2 Å². The van der Waals surface area contributed by atoms with Crippen LogP contribution in [-0.4, -0.2) is 49.2 Å². The number of nitrogens with one attached hydrogen (secondary N) is 2. The number of benzene rings is 2. The standard InChI is InChI=1S/C32H24F9N5O4/c1-3-23(31(36,37)38)43-15-11-19(34)25(20(35)12-15)28(47)44-21(30(49)50)13-16-5-6-17(27-42-8-9-46(16)27)24-26(32(39,40)41)18-10-14(33)4-7-22(18)45(2)29(24)48/h4-12,21,23,43H,3,13H2,1-2H3,(H,44,47)(H,49,50)/t21-,23+/m0/s1. The summed E-state index contributed by atoms with van der Waals surface area (Å²) in [4.78, 5) is 42.5. The molecule has 0 fully saturated rings. The van der Waals surface area contributed by atoms with Gasteiger partial charge in [0.2, 0.25) is 0 Å². The minimum atomic E-state index is -5.15. The largest absolute Gasteiger partial charge is 0.480 e. The Morgan fingerprint density at radius 2 is 1.64 bits per heavy atom. The number of aromatic nitrogens is 3. The molecule has 0 aliphatic heterocycles. The van der Waals surface area contributed by atoms with Crippen molar-refractivity contribution in [2.24, 2.45) is 7.05 Å². The predicted octanol–water partition coefficient (Wildman–Crippen LogP) is 6.47. The van der Waals surface area contributed by atoms with Gasteiger partial charge in [0.05, 0.1) is 16.6 Å². The van der Waals surface area contributed by atoms with E-state index in [1.165, 1.54) is 20.2 Å². The van der Waals surface area contributed by atoms with Crippen LogP contribution in [0.2, 0.25) is 0 Å². The Morgan fingerprint density at radius 3 is 2.22 bits per heavy atom. The molecule has 0 aliphatic carbocycles. The Kier molecular flexibility index (Phi) is 9.33. The smallest absolute Gasteiger partial charge is 0.417 e. The molecule has 0 bridgehead atoms. The number of pyridine rings is 2. The second-order valence-electron chi connectivity index (χ2n) is 11.2. The van der Waals surface area contributed by atoms with Gasteiger partial charge in [0.1, 0.15) is 40.7 Å². The third kappa shape index (κ3) is 6.69. The summed E-state index contributed by atoms with van der Waals surface area (Å²) in [5.41, 5.74) is -6.10. The Hall–Kier alpha value is -5.55. The number of aliphatic carboxylic acids is 1. The molecule has 3 heterocycles. The molecule has 0 spiro atoms. The van der Waals surface area contributed by atoms with Crippen molar-refractivity contribution >= 4 is 34.1 Å². The molecule has 0 aliphatic rings. The number of amides is 1. The van der Waals surface area contributed by atoms with Crippen molar-refractivity contribution in [3.8, 4) is 11.1 Å². The first-order chi connectivity index (χ1) is 23.3. The van der Waals surface area contributed by atoms with E-state index >= 15 is 0 Å². The van der Waals surface area contributed by atoms with E-state index in [9.17, 15) is 59.0 Å². The fourth-order valence-corrected chi connectivity index (χ4v) is 5.62. The average molecular weight is 714 g/mol. The van der Waals surface area contributed by atoms with E-state index in [1.54, 1.807) is 0 Å². The number of carboxylic acids is 1. The number of fused-ring (bicyclic) bond motifs is 2. The zero-order valence-corrected chi connectivity index (χ0v) is 25.7. The van der Waals surface area contributed by atoms with E-state index in [-0.39, 0.29) is 22.4 Å². The Balaban J connectivity index is 1.51. The summed E-state index contributed by atoms with van der Waals surface area (Å²) >= 11 is 0. The molecular weight excluding hydrogens is 689 g/mol. The van der Waals surface area contributed by atoms with Crippen molar-refractivity contribution in [1.29, 1.82) is 0 Å². The SMILES string of the molecule is CC[C@@H](Nc1cc(F)c(C(=O)N[C@@H](Cc2ccc(-c3c(C(F)(F)F)c4cc(F)ccc4n(C)c3=O)c3nccn23)C(=O)O)c(F)c1)C(F)(F)F. The molecule has 264 valence electrons. The number of hydrogen-bond donors (Lipinski definition) is 3. The molecule has 0 saturated carbocycles. The summed E-state index contributed by atoms with van der Waals surface area (Å²) in [6, 6.07) is 1.59. The van der Waals surface area contributed by atoms with Crippen LogP contribution in [0, 0.1) is 17.5 Å². The maximum absolute atomic E-state index is 14.9. The minimum absolute atomic E-state index is 0.00409. The number of halogens is 9. The molecule has 5 aromatic rings. The van der Waals surface area contributed by atoms with Crippen LogP contribution in [0.25, 0.3) is 27.7 Å². The van der Waals surface area contributed by atoms with E-state index < -0.39 is 99.9 Å². The number of rotatable bonds is 9. The maximum Gasteiger partial charge on any atom is 0.417 e. The number of carboxylic acid groups (broad SMARTS) is 1. The highest BCUT2D eigenvalue weighted by atomic mass is 19.4. The Morgan fingerprint density at radius 1 is 0.980 bits per heavy atom. The fourth-order valence-electron chi connectivity index (χ4n) is 5.62. The van der Waals surface area contributed by atoms with Gasteiger partial charge < -0.3 is 24.7 Å². The number of nitrogens with zero attached hydrogens (tertiary/aromatic N) is 3. The summed E-state index contributed by atoms with van der Waals surface area (Å²) in [6.07, 6.45) is -8.66. The molecule has 2 aromatic carbocycles. The summed E-state index contributed by atoms with van der Waals surface area (Å²) in [5.74, 6) is -7.44. The lowest BCUT2D eigenvalue weighted by Gasteiger charge is -2.22. The normalized spacial score (nSPS) is 13.4. The van der Waals surface area contributed by atoms with E-state index in [0.29, 0.717) is 18.2 Å². The minimum Gasteiger partial charge on any atom is -0.480 e. The number of imidazole rings is 1. The molecule has 0 unspecified atom stereocenters. The van der Waals surface area contributed by atoms with Crippen LogP contribution in [0.1, 0.15) is 35.0 Å². The lowest BCUT2D eigenvalue weighted by Crippen LogP contribution is -2.43. The van der Waals surface area contributed by atoms with Gasteiger partial charge in [-0.2, -0.15) is 26.3 Å². The lowest BCUT2D eigenvalue weighted by atomic mass is 9.96. The van der Waals surface area contributed by atoms with Crippen molar-refractivity contribution in [3.05, 3.63) is 99.5 Å². The third-order valence-electron chi connectivity index (χ3n) is 7.97. The molecule has 5 rings (SSSR count). The van der Waals surface area contributed by atoms with Crippen LogP contribution in [0.15, 0.2) is 59.7 Å². The van der Waals surface area contributed by atoms with Gasteiger partial charge in [-0.25, -0.2) is 22.9 Å². The van der Waals surface area contributed by atoms with Gasteiger partial charge in [0.25, 0.3) is 11.5 Å². The van der Waals surface area contributed by atoms with Gasteiger partial charge in [0.15, 0.2) is 0 Å². The number of hydrogen-bond acceptors (Lipinski definition) is 5. The summed E-state index contributed by atoms with van der Waals surface area (Å²) in [5, 5.41) is 13.1. The molecule has 0 radical (unpaired) electrons. The first-order valence-electron chi connectivity index (χ1n) is 14.5. The Bertz CT molecular complexity index is 2190. The van der Waals surface area contributed by atoms with E-state index in [2.05, 4.69) is 4.98 Å². The second-order valence-corrected chi connectivity index (χ2v) is 11.2. The molecule has 1 amide bonds. The highest BCUT2D eigenvalue weighted by molar-refractivity contribution is 5.97. The number of carbonyl (C=O) groups excluding carboxylic acids is 1. The van der Waals surface area contributed by atoms with Gasteiger partial charge in [0, 0.05) is 48.2 Å². The maximum atomic E-state index is 14.9. The van der Waals surface area contributed by atoms with Crippen LogP contribution in [0.5, 0.6) is 0 Å². The lowest BCUT2D eigenvalue weighted by molar-refractivity contribution is -0.143. The van der Waals surface area contributed by atoms with Crippen molar-refractivity contribution in [2.75, 3.05) is 5.32 Å². The first-order valence-corrected chi connectivity index (χ1v) is 14.5. The molecule has 3 aromatic heterocycles. The number of anilines is 1. The summed E-state index contributed by atoms with van der Waals surface area (Å²) in [7, 11) is 1.20. The van der Waals surface area contributed by atoms with Crippen LogP contribution in [-0.2, 0) is 24.4 Å². The number of carbonyl (C=O) groups is 2. The molecule has 18 heteroatoms. The zero-order valence-electron chi connectivity index (χ0n) is 25.7. The molecule has 0 saturated heterocycles. The molecular formula is C32H24F9N5O4. The van der Waals surface area contributed by atoms with Crippen molar-refractivity contribution in [3.63, 3.8) is 0 Å². The van der Waals surface area contributed by atoms with E-state index in [1.807, 2.05) is 10.6 Å². The van der Waals surface area contributed by atoms with Gasteiger partial charge in [-0.05, 0) is 48.9 Å². The third-order valence-corrected chi connectivity index (χ3v) is 7.97. The first kappa shape index (κ1) is 35.7. The monoisotopic (exact) mass is 713 g/mol. The fraction of sp³-hybridized carbons (Fsp3) is 0.250. The van der Waals surface area contributed by atoms with Gasteiger partial charge >= 0.3 is 18.3 Å². The average Bonchev–Trinajstić information content (AvgIpc) is 3.50. The van der Waals surface area contributed by atoms with E-state index in [4.69, 9.17) is 0 Å². The predicted molar refractivity (Wildman–Crippen MR) is 161 cm³/mol. The van der Waals surface area contributed by atoms with Gasteiger partial charge in [-0.15, -0.1) is 0 Å². The van der Waals surface area contributed by atoms with Crippen molar-refractivity contribution in [2.45, 2.75) is 44.2 Å². The molecule has 2 atom stereocenters. The summed E-state index contributed by atoms with van der Waals surface area (Å²) in [6.45, 7) is 1.18. The number of alkyl halides is 6. The van der Waals surface area contributed by atoms with Crippen LogP contribution >= 0.6 is 0 Å². The van der Waals surface area contributed by atoms with Crippen LogP contribution < -0.4 is 16.2 Å². The van der Waals surface area contributed by atoms with E-state index in [0.717, 1.165) is 39.4 Å².